The summed E-state index contributed by atoms with van der Waals surface area (Å²) in [5.41, 5.74) is 1.94. The lowest BCUT2D eigenvalue weighted by Gasteiger charge is -2.32. The Morgan fingerprint density at radius 1 is 0.765 bits per heavy atom. The number of hydrogen-bond donors (Lipinski definition) is 1. The zero-order valence-corrected chi connectivity index (χ0v) is 19.7. The lowest BCUT2D eigenvalue weighted by atomic mass is 9.78. The molecule has 0 radical (unpaired) electrons. The summed E-state index contributed by atoms with van der Waals surface area (Å²) in [5, 5.41) is 3.32. The predicted molar refractivity (Wildman–Crippen MR) is 134 cm³/mol. The van der Waals surface area contributed by atoms with E-state index >= 15 is 4.39 Å². The molecule has 1 saturated heterocycles. The first-order valence-electron chi connectivity index (χ1n) is 11.4. The van der Waals surface area contributed by atoms with Gasteiger partial charge in [-0.25, -0.2) is 14.4 Å². The van der Waals surface area contributed by atoms with Crippen molar-refractivity contribution >= 4 is 24.3 Å². The molecule has 2 aliphatic heterocycles. The Bertz CT molecular complexity index is 1190. The third kappa shape index (κ3) is 4.17. The number of amidine groups is 2. The topological polar surface area (TPSA) is 55.2 Å². The highest BCUT2D eigenvalue weighted by Crippen LogP contribution is 2.37. The van der Waals surface area contributed by atoms with Crippen molar-refractivity contribution in [3.8, 4) is 0 Å². The fourth-order valence-electron chi connectivity index (χ4n) is 3.96. The quantitative estimate of drug-likeness (QED) is 0.585. The van der Waals surface area contributed by atoms with Crippen LogP contribution in [-0.2, 0) is 9.31 Å². The third-order valence-corrected chi connectivity index (χ3v) is 6.66. The van der Waals surface area contributed by atoms with Crippen molar-refractivity contribution in [1.82, 2.24) is 5.32 Å². The summed E-state index contributed by atoms with van der Waals surface area (Å²) in [4.78, 5) is 9.56. The summed E-state index contributed by atoms with van der Waals surface area (Å²) >= 11 is 0. The van der Waals surface area contributed by atoms with Crippen LogP contribution in [-0.4, -0.2) is 30.0 Å². The van der Waals surface area contributed by atoms with Crippen molar-refractivity contribution in [2.45, 2.75) is 45.1 Å². The molecule has 5 nitrogen and oxygen atoms in total. The molecule has 0 saturated carbocycles. The predicted octanol–water partition coefficient (Wildman–Crippen LogP) is 4.62. The van der Waals surface area contributed by atoms with Crippen molar-refractivity contribution in [3.63, 3.8) is 0 Å². The molecule has 0 aromatic heterocycles. The number of nitrogens with one attached hydrogen (secondary N) is 1. The molecule has 3 aromatic rings. The normalized spacial score (nSPS) is 19.4. The van der Waals surface area contributed by atoms with Crippen LogP contribution in [0.15, 0.2) is 88.8 Å². The van der Waals surface area contributed by atoms with Crippen LogP contribution in [0.5, 0.6) is 0 Å². The van der Waals surface area contributed by atoms with Gasteiger partial charge in [-0.2, -0.15) is 0 Å². The lowest BCUT2D eigenvalue weighted by Crippen LogP contribution is -2.41. The number of aliphatic imine (C=N–C) groups is 2. The average Bonchev–Trinajstić information content (AvgIpc) is 3.07. The van der Waals surface area contributed by atoms with E-state index < -0.39 is 24.5 Å². The maximum atomic E-state index is 15.2. The summed E-state index contributed by atoms with van der Waals surface area (Å²) < 4.78 is 27.5. The first kappa shape index (κ1) is 22.5. The number of benzene rings is 3. The zero-order chi connectivity index (χ0) is 23.9. The van der Waals surface area contributed by atoms with Crippen LogP contribution in [0.3, 0.4) is 0 Å². The van der Waals surface area contributed by atoms with Gasteiger partial charge in [-0.15, -0.1) is 0 Å². The summed E-state index contributed by atoms with van der Waals surface area (Å²) in [6.45, 7) is 7.99. The Kier molecular flexibility index (Phi) is 5.62. The molecule has 34 heavy (non-hydrogen) atoms. The van der Waals surface area contributed by atoms with Crippen molar-refractivity contribution in [2.75, 3.05) is 0 Å². The van der Waals surface area contributed by atoms with Crippen molar-refractivity contribution in [2.24, 2.45) is 9.98 Å². The number of halogens is 1. The molecule has 0 aliphatic carbocycles. The highest BCUT2D eigenvalue weighted by atomic mass is 19.1. The van der Waals surface area contributed by atoms with E-state index in [0.717, 1.165) is 16.6 Å². The highest BCUT2D eigenvalue weighted by Gasteiger charge is 2.51. The van der Waals surface area contributed by atoms with Gasteiger partial charge in [-0.3, -0.25) is 0 Å². The molecule has 2 heterocycles. The molecular weight excluding hydrogens is 428 g/mol. The third-order valence-electron chi connectivity index (χ3n) is 6.66. The van der Waals surface area contributed by atoms with Crippen molar-refractivity contribution in [3.05, 3.63) is 101 Å². The van der Waals surface area contributed by atoms with Gasteiger partial charge in [0.1, 0.15) is 17.5 Å². The molecule has 1 fully saturated rings. The second-order valence-electron chi connectivity index (χ2n) is 9.56. The second-order valence-corrected chi connectivity index (χ2v) is 9.56. The monoisotopic (exact) mass is 455 g/mol. The Hall–Kier alpha value is -3.29. The van der Waals surface area contributed by atoms with Crippen LogP contribution in [0.2, 0.25) is 0 Å². The minimum atomic E-state index is -0.756. The van der Waals surface area contributed by atoms with Gasteiger partial charge in [0.05, 0.1) is 11.2 Å². The Balaban J connectivity index is 1.56. The minimum Gasteiger partial charge on any atom is -0.399 e. The van der Waals surface area contributed by atoms with Gasteiger partial charge in [0.15, 0.2) is 6.17 Å². The fraction of sp³-hybridized carbons (Fsp3) is 0.259. The van der Waals surface area contributed by atoms with E-state index in [1.807, 2.05) is 88.4 Å². The zero-order valence-electron chi connectivity index (χ0n) is 19.7. The van der Waals surface area contributed by atoms with E-state index in [0.29, 0.717) is 17.2 Å². The largest absolute Gasteiger partial charge is 0.494 e. The maximum absolute atomic E-state index is 15.2. The number of hydrogen-bond acceptors (Lipinski definition) is 5. The first-order chi connectivity index (χ1) is 16.2. The maximum Gasteiger partial charge on any atom is 0.494 e. The summed E-state index contributed by atoms with van der Waals surface area (Å²) in [6, 6.07) is 24.4. The molecule has 1 N–H and O–H groups in total. The Morgan fingerprint density at radius 3 is 1.76 bits per heavy atom. The molecule has 5 rings (SSSR count). The lowest BCUT2D eigenvalue weighted by molar-refractivity contribution is 0.00578. The first-order valence-corrected chi connectivity index (χ1v) is 11.4. The van der Waals surface area contributed by atoms with Gasteiger partial charge in [0, 0.05) is 16.7 Å². The van der Waals surface area contributed by atoms with Crippen LogP contribution in [0, 0.1) is 5.82 Å². The Labute approximate surface area is 199 Å². The van der Waals surface area contributed by atoms with Crippen LogP contribution in [0.4, 0.5) is 4.39 Å². The van der Waals surface area contributed by atoms with Crippen LogP contribution in [0.1, 0.15) is 50.6 Å². The van der Waals surface area contributed by atoms with Crippen molar-refractivity contribution in [1.29, 1.82) is 0 Å². The molecule has 7 heteroatoms. The Morgan fingerprint density at radius 2 is 1.26 bits per heavy atom. The van der Waals surface area contributed by atoms with Gasteiger partial charge < -0.3 is 14.6 Å². The standard InChI is InChI=1S/C27H27BFN3O2/c1-26(2)27(3,4)34-28(33-26)20-15-16-22(29)21(17-20)25-31-23(18-11-7-5-8-12-18)30-24(32-25)19-13-9-6-10-14-19/h5-17,25H,1-4H3,(H,30,31,32). The number of rotatable bonds is 4. The van der Waals surface area contributed by atoms with Gasteiger partial charge in [0.2, 0.25) is 0 Å². The van der Waals surface area contributed by atoms with E-state index in [1.54, 1.807) is 12.1 Å². The molecule has 0 spiro atoms. The molecule has 0 unspecified atom stereocenters. The van der Waals surface area contributed by atoms with E-state index in [9.17, 15) is 0 Å². The van der Waals surface area contributed by atoms with E-state index in [1.165, 1.54) is 6.07 Å². The smallest absolute Gasteiger partial charge is 0.399 e. The summed E-state index contributed by atoms with van der Waals surface area (Å²) in [7, 11) is -0.596. The van der Waals surface area contributed by atoms with Crippen LogP contribution >= 0.6 is 0 Å². The SMILES string of the molecule is CC1(C)OB(c2ccc(F)c(C3N=C(c4ccccc4)NC(c4ccccc4)=N3)c2)OC1(C)C. The summed E-state index contributed by atoms with van der Waals surface area (Å²) in [6.07, 6.45) is -0.756. The number of nitrogens with zero attached hydrogens (tertiary/aromatic N) is 2. The van der Waals surface area contributed by atoms with Gasteiger partial charge in [-0.1, -0.05) is 72.8 Å². The van der Waals surface area contributed by atoms with Crippen molar-refractivity contribution < 1.29 is 13.7 Å². The molecule has 172 valence electrons. The molecular formula is C27H27BFN3O2. The second kappa shape index (κ2) is 8.49. The highest BCUT2D eigenvalue weighted by molar-refractivity contribution is 6.62. The summed E-state index contributed by atoms with van der Waals surface area (Å²) in [5.74, 6) is 0.902. The molecule has 3 aromatic carbocycles. The van der Waals surface area contributed by atoms with Gasteiger partial charge in [0.25, 0.3) is 0 Å². The molecule has 2 aliphatic rings. The van der Waals surface area contributed by atoms with E-state index in [-0.39, 0.29) is 5.82 Å². The molecule has 0 amide bonds. The minimum absolute atomic E-state index is 0.371. The fourth-order valence-corrected chi connectivity index (χ4v) is 3.96. The van der Waals surface area contributed by atoms with Crippen LogP contribution in [0.25, 0.3) is 0 Å². The molecule has 0 bridgehead atoms. The van der Waals surface area contributed by atoms with Crippen LogP contribution < -0.4 is 10.8 Å². The van der Waals surface area contributed by atoms with Gasteiger partial charge >= 0.3 is 7.12 Å². The van der Waals surface area contributed by atoms with E-state index in [4.69, 9.17) is 19.3 Å². The van der Waals surface area contributed by atoms with Gasteiger partial charge in [-0.05, 0) is 39.2 Å². The molecule has 0 atom stereocenters. The average molecular weight is 455 g/mol. The van der Waals surface area contributed by atoms with E-state index in [2.05, 4.69) is 5.32 Å².